The molecule has 1 fully saturated rings. The number of carbonyl (C=O) groups is 1. The van der Waals surface area contributed by atoms with Gasteiger partial charge in [-0.2, -0.15) is 4.98 Å². The summed E-state index contributed by atoms with van der Waals surface area (Å²) >= 11 is 0. The smallest absolute Gasteiger partial charge is 0.329 e. The Morgan fingerprint density at radius 3 is 2.46 bits per heavy atom. The van der Waals surface area contributed by atoms with Crippen molar-refractivity contribution < 1.29 is 9.72 Å². The average molecular weight is 356 g/mol. The zero-order chi connectivity index (χ0) is 18.5. The van der Waals surface area contributed by atoms with E-state index in [0.717, 1.165) is 25.7 Å². The number of anilines is 4. The van der Waals surface area contributed by atoms with E-state index in [1.807, 2.05) is 0 Å². The summed E-state index contributed by atoms with van der Waals surface area (Å²) in [5, 5.41) is 20.1. The third-order valence-electron chi connectivity index (χ3n) is 4.12. The van der Waals surface area contributed by atoms with Crippen LogP contribution in [0.5, 0.6) is 0 Å². The first kappa shape index (κ1) is 17.6. The normalized spacial score (nSPS) is 14.0. The number of rotatable bonds is 6. The van der Waals surface area contributed by atoms with Crippen molar-refractivity contribution in [3.63, 3.8) is 0 Å². The Balaban J connectivity index is 1.76. The van der Waals surface area contributed by atoms with Crippen LogP contribution in [0, 0.1) is 10.1 Å². The summed E-state index contributed by atoms with van der Waals surface area (Å²) in [7, 11) is 0. The van der Waals surface area contributed by atoms with Crippen molar-refractivity contribution in [1.29, 1.82) is 0 Å². The van der Waals surface area contributed by atoms with Crippen molar-refractivity contribution in [1.82, 2.24) is 9.97 Å². The highest BCUT2D eigenvalue weighted by molar-refractivity contribution is 5.88. The van der Waals surface area contributed by atoms with Crippen LogP contribution in [-0.4, -0.2) is 26.8 Å². The molecule has 1 amide bonds. The molecule has 3 N–H and O–H groups in total. The van der Waals surface area contributed by atoms with Gasteiger partial charge >= 0.3 is 5.69 Å². The second-order valence-corrected chi connectivity index (χ2v) is 6.19. The maximum absolute atomic E-state index is 11.2. The van der Waals surface area contributed by atoms with Gasteiger partial charge in [0.05, 0.1) is 4.92 Å². The molecule has 0 aliphatic heterocycles. The summed E-state index contributed by atoms with van der Waals surface area (Å²) in [4.78, 5) is 30.1. The molecule has 1 aliphatic carbocycles. The molecule has 9 nitrogen and oxygen atoms in total. The molecular formula is C17H20N6O3. The van der Waals surface area contributed by atoms with Gasteiger partial charge in [-0.1, -0.05) is 12.8 Å². The van der Waals surface area contributed by atoms with E-state index >= 15 is 0 Å². The Bertz CT molecular complexity index is 803. The van der Waals surface area contributed by atoms with Gasteiger partial charge in [0.1, 0.15) is 6.20 Å². The predicted octanol–water partition coefficient (Wildman–Crippen LogP) is 3.44. The standard InChI is InChI=1S/C17H20N6O3/c1-11(24)19-13-6-8-14(9-7-13)21-17-18-10-15(23(25)26)16(22-17)20-12-4-2-3-5-12/h6-10,12H,2-5H2,1H3,(H,19,24)(H2,18,20,21,22). The highest BCUT2D eigenvalue weighted by Crippen LogP contribution is 2.28. The van der Waals surface area contributed by atoms with Crippen LogP contribution < -0.4 is 16.0 Å². The zero-order valence-corrected chi connectivity index (χ0v) is 14.4. The molecular weight excluding hydrogens is 336 g/mol. The van der Waals surface area contributed by atoms with Gasteiger partial charge < -0.3 is 16.0 Å². The van der Waals surface area contributed by atoms with Crippen LogP contribution in [0.4, 0.5) is 28.8 Å². The van der Waals surface area contributed by atoms with Crippen LogP contribution in [0.3, 0.4) is 0 Å². The van der Waals surface area contributed by atoms with Crippen LogP contribution in [0.2, 0.25) is 0 Å². The van der Waals surface area contributed by atoms with Gasteiger partial charge in [0.25, 0.3) is 0 Å². The second kappa shape index (κ2) is 7.77. The number of benzene rings is 1. The first-order valence-electron chi connectivity index (χ1n) is 8.44. The van der Waals surface area contributed by atoms with E-state index < -0.39 is 4.92 Å². The average Bonchev–Trinajstić information content (AvgIpc) is 3.09. The van der Waals surface area contributed by atoms with Crippen molar-refractivity contribution in [2.75, 3.05) is 16.0 Å². The van der Waals surface area contributed by atoms with E-state index in [1.54, 1.807) is 24.3 Å². The molecule has 0 spiro atoms. The van der Waals surface area contributed by atoms with Crippen LogP contribution in [-0.2, 0) is 4.79 Å². The Morgan fingerprint density at radius 2 is 1.85 bits per heavy atom. The summed E-state index contributed by atoms with van der Waals surface area (Å²) in [5.41, 5.74) is 1.25. The third kappa shape index (κ3) is 4.44. The van der Waals surface area contributed by atoms with Gasteiger partial charge in [0.2, 0.25) is 17.7 Å². The Labute approximate surface area is 150 Å². The molecule has 1 saturated carbocycles. The number of aromatic nitrogens is 2. The highest BCUT2D eigenvalue weighted by Gasteiger charge is 2.22. The summed E-state index contributed by atoms with van der Waals surface area (Å²) < 4.78 is 0. The number of nitrogens with one attached hydrogen (secondary N) is 3. The maximum atomic E-state index is 11.2. The number of hydrogen-bond donors (Lipinski definition) is 3. The van der Waals surface area contributed by atoms with Gasteiger partial charge in [0, 0.05) is 24.3 Å². The molecule has 1 aromatic heterocycles. The van der Waals surface area contributed by atoms with Crippen molar-refractivity contribution in [3.05, 3.63) is 40.6 Å². The lowest BCUT2D eigenvalue weighted by molar-refractivity contribution is -0.384. The molecule has 9 heteroatoms. The lowest BCUT2D eigenvalue weighted by atomic mass is 10.2. The Kier molecular flexibility index (Phi) is 5.26. The number of nitro groups is 1. The van der Waals surface area contributed by atoms with Crippen LogP contribution in [0.1, 0.15) is 32.6 Å². The summed E-state index contributed by atoms with van der Waals surface area (Å²) in [6, 6.07) is 7.22. The Hall–Kier alpha value is -3.23. The molecule has 0 bridgehead atoms. The molecule has 3 rings (SSSR count). The van der Waals surface area contributed by atoms with Gasteiger partial charge in [-0.3, -0.25) is 14.9 Å². The van der Waals surface area contributed by atoms with Crippen molar-refractivity contribution in [3.8, 4) is 0 Å². The first-order chi connectivity index (χ1) is 12.5. The molecule has 1 aromatic carbocycles. The number of amides is 1. The van der Waals surface area contributed by atoms with Crippen molar-refractivity contribution >= 4 is 34.7 Å². The van der Waals surface area contributed by atoms with E-state index in [2.05, 4.69) is 25.9 Å². The van der Waals surface area contributed by atoms with E-state index in [-0.39, 0.29) is 29.4 Å². The van der Waals surface area contributed by atoms with Gasteiger partial charge in [-0.05, 0) is 37.1 Å². The lowest BCUT2D eigenvalue weighted by Gasteiger charge is -2.13. The van der Waals surface area contributed by atoms with E-state index in [4.69, 9.17) is 0 Å². The molecule has 2 aromatic rings. The number of hydrogen-bond acceptors (Lipinski definition) is 7. The molecule has 136 valence electrons. The topological polar surface area (TPSA) is 122 Å². The fourth-order valence-electron chi connectivity index (χ4n) is 2.91. The molecule has 1 heterocycles. The molecule has 1 aliphatic rings. The minimum atomic E-state index is -0.483. The quantitative estimate of drug-likeness (QED) is 0.535. The van der Waals surface area contributed by atoms with E-state index in [9.17, 15) is 14.9 Å². The summed E-state index contributed by atoms with van der Waals surface area (Å²) in [6.07, 6.45) is 5.39. The molecule has 0 atom stereocenters. The molecule has 26 heavy (non-hydrogen) atoms. The largest absolute Gasteiger partial charge is 0.361 e. The fourth-order valence-corrected chi connectivity index (χ4v) is 2.91. The molecule has 0 radical (unpaired) electrons. The van der Waals surface area contributed by atoms with E-state index in [1.165, 1.54) is 13.1 Å². The zero-order valence-electron chi connectivity index (χ0n) is 14.4. The van der Waals surface area contributed by atoms with Crippen molar-refractivity contribution in [2.24, 2.45) is 0 Å². The number of nitrogens with zero attached hydrogens (tertiary/aromatic N) is 3. The first-order valence-corrected chi connectivity index (χ1v) is 8.44. The minimum absolute atomic E-state index is 0.136. The lowest BCUT2D eigenvalue weighted by Crippen LogP contribution is -2.17. The minimum Gasteiger partial charge on any atom is -0.361 e. The van der Waals surface area contributed by atoms with Gasteiger partial charge in [-0.15, -0.1) is 0 Å². The van der Waals surface area contributed by atoms with Gasteiger partial charge in [-0.25, -0.2) is 4.98 Å². The van der Waals surface area contributed by atoms with Crippen molar-refractivity contribution in [2.45, 2.75) is 38.6 Å². The molecule has 0 saturated heterocycles. The Morgan fingerprint density at radius 1 is 1.19 bits per heavy atom. The summed E-state index contributed by atoms with van der Waals surface area (Å²) in [6.45, 7) is 1.44. The monoisotopic (exact) mass is 356 g/mol. The van der Waals surface area contributed by atoms with Crippen LogP contribution in [0.15, 0.2) is 30.5 Å². The molecule has 0 unspecified atom stereocenters. The third-order valence-corrected chi connectivity index (χ3v) is 4.12. The SMILES string of the molecule is CC(=O)Nc1ccc(Nc2ncc([N+](=O)[O-])c(NC3CCCC3)n2)cc1. The fraction of sp³-hybridized carbons (Fsp3) is 0.353. The second-order valence-electron chi connectivity index (χ2n) is 6.19. The van der Waals surface area contributed by atoms with Gasteiger partial charge in [0.15, 0.2) is 0 Å². The summed E-state index contributed by atoms with van der Waals surface area (Å²) in [5.74, 6) is 0.352. The van der Waals surface area contributed by atoms with Crippen LogP contribution in [0.25, 0.3) is 0 Å². The van der Waals surface area contributed by atoms with Crippen LogP contribution >= 0.6 is 0 Å². The predicted molar refractivity (Wildman–Crippen MR) is 98.6 cm³/mol. The maximum Gasteiger partial charge on any atom is 0.329 e. The van der Waals surface area contributed by atoms with E-state index in [0.29, 0.717) is 11.4 Å². The number of carbonyl (C=O) groups excluding carboxylic acids is 1. The highest BCUT2D eigenvalue weighted by atomic mass is 16.6.